The molecule has 2 aromatic carbocycles. The van der Waals surface area contributed by atoms with Gasteiger partial charge in [-0.3, -0.25) is 0 Å². The fraction of sp³-hybridized carbons (Fsp3) is 0.273. The van der Waals surface area contributed by atoms with Crippen LogP contribution in [0.15, 0.2) is 66.7 Å². The Hall–Kier alpha value is -2.88. The number of anilines is 2. The molecule has 0 aliphatic carbocycles. The van der Waals surface area contributed by atoms with Gasteiger partial charge in [0.2, 0.25) is 0 Å². The summed E-state index contributed by atoms with van der Waals surface area (Å²) in [4.78, 5) is 9.39. The molecular weight excluding hydrogens is 320 g/mol. The van der Waals surface area contributed by atoms with Crippen LogP contribution in [0.25, 0.3) is 11.4 Å². The summed E-state index contributed by atoms with van der Waals surface area (Å²) in [6.07, 6.45) is 3.58. The van der Waals surface area contributed by atoms with Crippen LogP contribution in [-0.4, -0.2) is 16.5 Å². The number of nitrogens with zero attached hydrogens (tertiary/aromatic N) is 2. The minimum absolute atomic E-state index is 0.737. The van der Waals surface area contributed by atoms with Crippen molar-refractivity contribution >= 4 is 11.6 Å². The van der Waals surface area contributed by atoms with Crippen LogP contribution in [-0.2, 0) is 6.54 Å². The lowest BCUT2D eigenvalue weighted by Gasteiger charge is -2.12. The first kappa shape index (κ1) is 17.9. The van der Waals surface area contributed by atoms with Gasteiger partial charge in [-0.25, -0.2) is 9.97 Å². The van der Waals surface area contributed by atoms with Crippen molar-refractivity contribution in [3.63, 3.8) is 0 Å². The van der Waals surface area contributed by atoms with Crippen LogP contribution >= 0.6 is 0 Å². The fourth-order valence-corrected chi connectivity index (χ4v) is 2.72. The molecule has 2 N–H and O–H groups in total. The van der Waals surface area contributed by atoms with Crippen molar-refractivity contribution in [2.75, 3.05) is 17.2 Å². The van der Waals surface area contributed by atoms with Crippen molar-refractivity contribution in [2.24, 2.45) is 0 Å². The van der Waals surface area contributed by atoms with E-state index in [2.05, 4.69) is 29.7 Å². The van der Waals surface area contributed by atoms with E-state index in [-0.39, 0.29) is 0 Å². The highest BCUT2D eigenvalue weighted by atomic mass is 15.1. The molecule has 0 bridgehead atoms. The number of aromatic nitrogens is 2. The molecule has 3 aromatic rings. The Morgan fingerprint density at radius 1 is 0.769 bits per heavy atom. The normalized spacial score (nSPS) is 10.5. The first-order valence-corrected chi connectivity index (χ1v) is 9.31. The van der Waals surface area contributed by atoms with Crippen LogP contribution in [0.4, 0.5) is 11.6 Å². The summed E-state index contributed by atoms with van der Waals surface area (Å²) in [5.74, 6) is 2.44. The molecule has 134 valence electrons. The van der Waals surface area contributed by atoms with E-state index in [1.54, 1.807) is 0 Å². The maximum Gasteiger partial charge on any atom is 0.163 e. The van der Waals surface area contributed by atoms with Crippen molar-refractivity contribution in [3.8, 4) is 11.4 Å². The van der Waals surface area contributed by atoms with E-state index >= 15 is 0 Å². The van der Waals surface area contributed by atoms with E-state index in [0.717, 1.165) is 42.5 Å². The highest BCUT2D eigenvalue weighted by Gasteiger charge is 2.07. The Balaban J connectivity index is 1.77. The molecule has 0 unspecified atom stereocenters. The zero-order valence-electron chi connectivity index (χ0n) is 15.3. The van der Waals surface area contributed by atoms with E-state index in [0.29, 0.717) is 0 Å². The number of nitrogens with one attached hydrogen (secondary N) is 2. The van der Waals surface area contributed by atoms with Crippen LogP contribution in [0, 0.1) is 0 Å². The second kappa shape index (κ2) is 9.56. The topological polar surface area (TPSA) is 49.8 Å². The van der Waals surface area contributed by atoms with Crippen LogP contribution < -0.4 is 10.6 Å². The maximum absolute atomic E-state index is 4.70. The van der Waals surface area contributed by atoms with E-state index in [4.69, 9.17) is 9.97 Å². The molecule has 1 aromatic heterocycles. The van der Waals surface area contributed by atoms with Gasteiger partial charge in [0.1, 0.15) is 11.6 Å². The van der Waals surface area contributed by atoms with Crippen LogP contribution in [0.5, 0.6) is 0 Å². The Bertz CT molecular complexity index is 788. The second-order valence-electron chi connectivity index (χ2n) is 6.30. The molecule has 1 heterocycles. The standard InChI is InChI=1S/C22H26N4/c1-2-3-10-15-23-20-16-21(24-17-18-11-6-4-7-12-18)26-22(25-20)19-13-8-5-9-14-19/h4-9,11-14,16H,2-3,10,15,17H2,1H3,(H2,23,24,25,26). The summed E-state index contributed by atoms with van der Waals surface area (Å²) < 4.78 is 0. The van der Waals surface area contributed by atoms with E-state index in [1.807, 2.05) is 54.6 Å². The lowest BCUT2D eigenvalue weighted by atomic mass is 10.2. The SMILES string of the molecule is CCCCCNc1cc(NCc2ccccc2)nc(-c2ccccc2)n1. The molecule has 0 aliphatic heterocycles. The van der Waals surface area contributed by atoms with Gasteiger partial charge in [0.25, 0.3) is 0 Å². The van der Waals surface area contributed by atoms with Gasteiger partial charge in [-0.2, -0.15) is 0 Å². The highest BCUT2D eigenvalue weighted by Crippen LogP contribution is 2.20. The molecule has 26 heavy (non-hydrogen) atoms. The maximum atomic E-state index is 4.70. The van der Waals surface area contributed by atoms with E-state index in [1.165, 1.54) is 18.4 Å². The lowest BCUT2D eigenvalue weighted by molar-refractivity contribution is 0.742. The highest BCUT2D eigenvalue weighted by molar-refractivity contribution is 5.61. The number of hydrogen-bond acceptors (Lipinski definition) is 4. The van der Waals surface area contributed by atoms with E-state index < -0.39 is 0 Å². The second-order valence-corrected chi connectivity index (χ2v) is 6.30. The van der Waals surface area contributed by atoms with Gasteiger partial charge in [-0.05, 0) is 12.0 Å². The summed E-state index contributed by atoms with van der Waals surface area (Å²) in [5.41, 5.74) is 2.25. The van der Waals surface area contributed by atoms with Crippen molar-refractivity contribution < 1.29 is 0 Å². The van der Waals surface area contributed by atoms with Crippen LogP contribution in [0.2, 0.25) is 0 Å². The van der Waals surface area contributed by atoms with Crippen LogP contribution in [0.1, 0.15) is 31.7 Å². The summed E-state index contributed by atoms with van der Waals surface area (Å²) in [6, 6.07) is 22.4. The zero-order chi connectivity index (χ0) is 18.0. The number of unbranched alkanes of at least 4 members (excludes halogenated alkanes) is 2. The molecular formula is C22H26N4. The molecule has 0 amide bonds. The van der Waals surface area contributed by atoms with Gasteiger partial charge >= 0.3 is 0 Å². The predicted molar refractivity (Wildman–Crippen MR) is 109 cm³/mol. The first-order valence-electron chi connectivity index (χ1n) is 9.31. The van der Waals surface area contributed by atoms with Gasteiger partial charge in [0.05, 0.1) is 0 Å². The smallest absolute Gasteiger partial charge is 0.163 e. The van der Waals surface area contributed by atoms with Crippen LogP contribution in [0.3, 0.4) is 0 Å². The van der Waals surface area contributed by atoms with Crippen molar-refractivity contribution in [1.29, 1.82) is 0 Å². The van der Waals surface area contributed by atoms with Gasteiger partial charge < -0.3 is 10.6 Å². The monoisotopic (exact) mass is 346 g/mol. The summed E-state index contributed by atoms with van der Waals surface area (Å²) in [6.45, 7) is 3.88. The molecule has 0 saturated heterocycles. The fourth-order valence-electron chi connectivity index (χ4n) is 2.72. The summed E-state index contributed by atoms with van der Waals surface area (Å²) >= 11 is 0. The van der Waals surface area contributed by atoms with Crippen molar-refractivity contribution in [3.05, 3.63) is 72.3 Å². The van der Waals surface area contributed by atoms with Crippen molar-refractivity contribution in [2.45, 2.75) is 32.7 Å². The van der Waals surface area contributed by atoms with Gasteiger partial charge in [-0.15, -0.1) is 0 Å². The molecule has 0 atom stereocenters. The molecule has 3 rings (SSSR count). The Morgan fingerprint density at radius 2 is 1.42 bits per heavy atom. The van der Waals surface area contributed by atoms with Gasteiger partial charge in [-0.1, -0.05) is 80.4 Å². The molecule has 0 saturated carbocycles. The predicted octanol–water partition coefficient (Wildman–Crippen LogP) is 5.36. The van der Waals surface area contributed by atoms with Crippen molar-refractivity contribution in [1.82, 2.24) is 9.97 Å². The Labute approximate surface area is 155 Å². The molecule has 4 heteroatoms. The summed E-state index contributed by atoms with van der Waals surface area (Å²) in [5, 5.41) is 6.86. The minimum atomic E-state index is 0.737. The average molecular weight is 346 g/mol. The van der Waals surface area contributed by atoms with Gasteiger partial charge in [0, 0.05) is 24.7 Å². The third-order valence-electron chi connectivity index (χ3n) is 4.16. The Kier molecular flexibility index (Phi) is 6.59. The third-order valence-corrected chi connectivity index (χ3v) is 4.16. The first-order chi connectivity index (χ1) is 12.8. The minimum Gasteiger partial charge on any atom is -0.370 e. The quantitative estimate of drug-likeness (QED) is 0.512. The third kappa shape index (κ3) is 5.31. The summed E-state index contributed by atoms with van der Waals surface area (Å²) in [7, 11) is 0. The number of rotatable bonds is 9. The molecule has 0 spiro atoms. The zero-order valence-corrected chi connectivity index (χ0v) is 15.3. The number of hydrogen-bond donors (Lipinski definition) is 2. The lowest BCUT2D eigenvalue weighted by Crippen LogP contribution is -2.08. The molecule has 0 fully saturated rings. The average Bonchev–Trinajstić information content (AvgIpc) is 2.71. The van der Waals surface area contributed by atoms with Gasteiger partial charge in [0.15, 0.2) is 5.82 Å². The molecule has 4 nitrogen and oxygen atoms in total. The number of benzene rings is 2. The molecule has 0 radical (unpaired) electrons. The Morgan fingerprint density at radius 3 is 2.12 bits per heavy atom. The van der Waals surface area contributed by atoms with E-state index in [9.17, 15) is 0 Å². The largest absolute Gasteiger partial charge is 0.370 e. The molecule has 0 aliphatic rings.